The van der Waals surface area contributed by atoms with Gasteiger partial charge in [-0.2, -0.15) is 0 Å². The van der Waals surface area contributed by atoms with Crippen molar-refractivity contribution < 1.29 is 9.90 Å². The number of carbonyl (C=O) groups is 1. The molecule has 2 fully saturated rings. The van der Waals surface area contributed by atoms with Crippen molar-refractivity contribution in [2.75, 3.05) is 13.1 Å². The highest BCUT2D eigenvalue weighted by molar-refractivity contribution is 5.82. The average Bonchev–Trinajstić information content (AvgIpc) is 2.55. The lowest BCUT2D eigenvalue weighted by Gasteiger charge is -2.37. The zero-order valence-electron chi connectivity index (χ0n) is 11.0. The van der Waals surface area contributed by atoms with Crippen molar-refractivity contribution in [2.24, 2.45) is 5.41 Å². The summed E-state index contributed by atoms with van der Waals surface area (Å²) < 4.78 is 0. The number of nitrogens with zero attached hydrogens (tertiary/aromatic N) is 1. The van der Waals surface area contributed by atoms with Crippen molar-refractivity contribution in [1.29, 1.82) is 0 Å². The van der Waals surface area contributed by atoms with E-state index >= 15 is 0 Å². The molecular formula is C14H25NO2. The topological polar surface area (TPSA) is 40.5 Å². The second-order valence-electron chi connectivity index (χ2n) is 6.00. The number of aliphatic hydroxyl groups excluding tert-OH is 1. The molecule has 0 aromatic rings. The summed E-state index contributed by atoms with van der Waals surface area (Å²) in [6, 6.07) is 0. The minimum atomic E-state index is -0.194. The number of amides is 1. The maximum Gasteiger partial charge on any atom is 0.228 e. The third-order valence-electron chi connectivity index (χ3n) is 4.48. The molecular weight excluding hydrogens is 214 g/mol. The summed E-state index contributed by atoms with van der Waals surface area (Å²) in [5.74, 6) is 0.339. The van der Waals surface area contributed by atoms with Crippen LogP contribution < -0.4 is 0 Å². The van der Waals surface area contributed by atoms with Crippen LogP contribution in [0.3, 0.4) is 0 Å². The van der Waals surface area contributed by atoms with E-state index in [1.807, 2.05) is 4.90 Å². The summed E-state index contributed by atoms with van der Waals surface area (Å²) in [7, 11) is 0. The van der Waals surface area contributed by atoms with Crippen molar-refractivity contribution in [2.45, 2.75) is 64.4 Å². The Labute approximate surface area is 104 Å². The summed E-state index contributed by atoms with van der Waals surface area (Å²) in [5, 5.41) is 9.49. The molecule has 1 amide bonds. The first-order valence-corrected chi connectivity index (χ1v) is 7.09. The van der Waals surface area contributed by atoms with E-state index in [4.69, 9.17) is 0 Å². The molecule has 0 aromatic carbocycles. The molecule has 1 saturated carbocycles. The van der Waals surface area contributed by atoms with E-state index in [-0.39, 0.29) is 11.5 Å². The molecule has 1 heterocycles. The van der Waals surface area contributed by atoms with Gasteiger partial charge in [0.05, 0.1) is 6.10 Å². The zero-order valence-corrected chi connectivity index (χ0v) is 11.0. The van der Waals surface area contributed by atoms with E-state index in [0.29, 0.717) is 5.91 Å². The lowest BCUT2D eigenvalue weighted by atomic mass is 9.80. The molecule has 3 nitrogen and oxygen atoms in total. The first-order chi connectivity index (χ1) is 8.12. The Balaban J connectivity index is 1.97. The van der Waals surface area contributed by atoms with Gasteiger partial charge in [0, 0.05) is 18.5 Å². The van der Waals surface area contributed by atoms with Gasteiger partial charge in [0.15, 0.2) is 0 Å². The predicted molar refractivity (Wildman–Crippen MR) is 67.6 cm³/mol. The SMILES string of the molecule is CC1(C(=O)N2CCC(O)CC2)CCCCCC1. The Morgan fingerprint density at radius 1 is 1.12 bits per heavy atom. The van der Waals surface area contributed by atoms with Crippen molar-refractivity contribution >= 4 is 5.91 Å². The number of rotatable bonds is 1. The largest absolute Gasteiger partial charge is 0.393 e. The molecule has 0 aromatic heterocycles. The van der Waals surface area contributed by atoms with Crippen molar-refractivity contribution in [1.82, 2.24) is 4.90 Å². The van der Waals surface area contributed by atoms with Gasteiger partial charge < -0.3 is 10.0 Å². The van der Waals surface area contributed by atoms with Gasteiger partial charge in [0.1, 0.15) is 0 Å². The molecule has 0 bridgehead atoms. The van der Waals surface area contributed by atoms with Gasteiger partial charge in [-0.05, 0) is 25.7 Å². The Bertz CT molecular complexity index is 261. The molecule has 1 saturated heterocycles. The Morgan fingerprint density at radius 3 is 2.18 bits per heavy atom. The van der Waals surface area contributed by atoms with E-state index in [1.54, 1.807) is 0 Å². The molecule has 0 spiro atoms. The molecule has 98 valence electrons. The summed E-state index contributed by atoms with van der Waals surface area (Å²) in [6.45, 7) is 3.64. The van der Waals surface area contributed by atoms with Crippen LogP contribution in [0.5, 0.6) is 0 Å². The fraction of sp³-hybridized carbons (Fsp3) is 0.929. The number of likely N-dealkylation sites (tertiary alicyclic amines) is 1. The average molecular weight is 239 g/mol. The number of hydrogen-bond donors (Lipinski definition) is 1. The van der Waals surface area contributed by atoms with Gasteiger partial charge in [-0.25, -0.2) is 0 Å². The van der Waals surface area contributed by atoms with E-state index < -0.39 is 0 Å². The lowest BCUT2D eigenvalue weighted by molar-refractivity contribution is -0.144. The minimum absolute atomic E-state index is 0.126. The van der Waals surface area contributed by atoms with E-state index in [2.05, 4.69) is 6.92 Å². The molecule has 2 rings (SSSR count). The number of carbonyl (C=O) groups excluding carboxylic acids is 1. The maximum absolute atomic E-state index is 12.6. The summed E-state index contributed by atoms with van der Waals surface area (Å²) >= 11 is 0. The van der Waals surface area contributed by atoms with Crippen LogP contribution in [0.25, 0.3) is 0 Å². The Kier molecular flexibility index (Phi) is 4.08. The fourth-order valence-electron chi connectivity index (χ4n) is 3.17. The van der Waals surface area contributed by atoms with Crippen LogP contribution in [0.1, 0.15) is 58.3 Å². The fourth-order valence-corrected chi connectivity index (χ4v) is 3.17. The Morgan fingerprint density at radius 2 is 1.65 bits per heavy atom. The molecule has 1 N–H and O–H groups in total. The van der Waals surface area contributed by atoms with Gasteiger partial charge in [-0.15, -0.1) is 0 Å². The quantitative estimate of drug-likeness (QED) is 0.713. The third-order valence-corrected chi connectivity index (χ3v) is 4.48. The normalized spacial score (nSPS) is 26.6. The van der Waals surface area contributed by atoms with Crippen molar-refractivity contribution in [3.05, 3.63) is 0 Å². The molecule has 0 unspecified atom stereocenters. The number of piperidine rings is 1. The number of hydrogen-bond acceptors (Lipinski definition) is 2. The minimum Gasteiger partial charge on any atom is -0.393 e. The second kappa shape index (κ2) is 5.38. The predicted octanol–water partition coefficient (Wildman–Crippen LogP) is 2.33. The van der Waals surface area contributed by atoms with Crippen LogP contribution in [0.15, 0.2) is 0 Å². The highest BCUT2D eigenvalue weighted by atomic mass is 16.3. The van der Waals surface area contributed by atoms with Gasteiger partial charge >= 0.3 is 0 Å². The first-order valence-electron chi connectivity index (χ1n) is 7.09. The Hall–Kier alpha value is -0.570. The molecule has 0 radical (unpaired) electrons. The molecule has 1 aliphatic heterocycles. The van der Waals surface area contributed by atoms with Gasteiger partial charge in [-0.3, -0.25) is 4.79 Å². The van der Waals surface area contributed by atoms with Gasteiger partial charge in [-0.1, -0.05) is 32.6 Å². The smallest absolute Gasteiger partial charge is 0.228 e. The van der Waals surface area contributed by atoms with Crippen LogP contribution in [-0.4, -0.2) is 35.1 Å². The van der Waals surface area contributed by atoms with Gasteiger partial charge in [0.2, 0.25) is 5.91 Å². The maximum atomic E-state index is 12.6. The summed E-state index contributed by atoms with van der Waals surface area (Å²) in [6.07, 6.45) is 8.35. The summed E-state index contributed by atoms with van der Waals surface area (Å²) in [4.78, 5) is 14.6. The lowest BCUT2D eigenvalue weighted by Crippen LogP contribution is -2.47. The standard InChI is InChI=1S/C14H25NO2/c1-14(8-4-2-3-5-9-14)13(17)15-10-6-12(16)7-11-15/h12,16H,2-11H2,1H3. The molecule has 3 heteroatoms. The summed E-state index contributed by atoms with van der Waals surface area (Å²) in [5.41, 5.74) is -0.126. The highest BCUT2D eigenvalue weighted by Gasteiger charge is 2.37. The monoisotopic (exact) mass is 239 g/mol. The third kappa shape index (κ3) is 3.01. The van der Waals surface area contributed by atoms with Crippen LogP contribution in [0.4, 0.5) is 0 Å². The highest BCUT2D eigenvalue weighted by Crippen LogP contribution is 2.36. The van der Waals surface area contributed by atoms with Crippen LogP contribution in [-0.2, 0) is 4.79 Å². The van der Waals surface area contributed by atoms with Gasteiger partial charge in [0.25, 0.3) is 0 Å². The first kappa shape index (κ1) is 12.9. The number of aliphatic hydroxyl groups is 1. The van der Waals surface area contributed by atoms with Crippen LogP contribution in [0.2, 0.25) is 0 Å². The molecule has 1 aliphatic carbocycles. The van der Waals surface area contributed by atoms with Crippen LogP contribution in [0, 0.1) is 5.41 Å². The molecule has 17 heavy (non-hydrogen) atoms. The van der Waals surface area contributed by atoms with Crippen LogP contribution >= 0.6 is 0 Å². The zero-order chi connectivity index (χ0) is 12.3. The second-order valence-corrected chi connectivity index (χ2v) is 6.00. The van der Waals surface area contributed by atoms with E-state index in [1.165, 1.54) is 25.7 Å². The van der Waals surface area contributed by atoms with Crippen molar-refractivity contribution in [3.8, 4) is 0 Å². The van der Waals surface area contributed by atoms with Crippen molar-refractivity contribution in [3.63, 3.8) is 0 Å². The van der Waals surface area contributed by atoms with E-state index in [0.717, 1.165) is 38.8 Å². The molecule has 2 aliphatic rings. The molecule has 0 atom stereocenters. The van der Waals surface area contributed by atoms with E-state index in [9.17, 15) is 9.90 Å².